The molecule has 4 aromatic rings. The van der Waals surface area contributed by atoms with Crippen LogP contribution >= 0.6 is 11.8 Å². The molecule has 2 aromatic carbocycles. The maximum Gasteiger partial charge on any atom is 0.139 e. The van der Waals surface area contributed by atoms with E-state index in [0.717, 1.165) is 48.4 Å². The Kier molecular flexibility index (Phi) is 6.97. The van der Waals surface area contributed by atoms with Crippen molar-refractivity contribution in [1.29, 1.82) is 0 Å². The molecule has 0 saturated carbocycles. The molecule has 2 N–H and O–H groups in total. The highest BCUT2D eigenvalue weighted by atomic mass is 32.2. The van der Waals surface area contributed by atoms with Gasteiger partial charge in [-0.1, -0.05) is 24.3 Å². The van der Waals surface area contributed by atoms with Crippen LogP contribution in [0.1, 0.15) is 35.8 Å². The van der Waals surface area contributed by atoms with Crippen LogP contribution in [0.5, 0.6) is 5.75 Å². The Morgan fingerprint density at radius 1 is 1.06 bits per heavy atom. The maximum absolute atomic E-state index is 10.8. The fourth-order valence-electron chi connectivity index (χ4n) is 4.83. The van der Waals surface area contributed by atoms with Crippen LogP contribution in [0.3, 0.4) is 0 Å². The Morgan fingerprint density at radius 2 is 1.86 bits per heavy atom. The number of nitrogens with one attached hydrogen (secondary N) is 1. The van der Waals surface area contributed by atoms with Crippen molar-refractivity contribution >= 4 is 28.5 Å². The first-order chi connectivity index (χ1) is 17.0. The Morgan fingerprint density at radius 3 is 2.69 bits per heavy atom. The molecule has 35 heavy (non-hydrogen) atoms. The number of rotatable bonds is 7. The summed E-state index contributed by atoms with van der Waals surface area (Å²) >= 11 is 1.81. The highest BCUT2D eigenvalue weighted by Gasteiger charge is 2.24. The summed E-state index contributed by atoms with van der Waals surface area (Å²) in [6.07, 6.45) is 4.17. The SMILES string of the molecule is Cc1ccc(O)c(C(CSc2c(C)cccc2NC2CCN(C)CC2)n2cnc3ccccc32)n1. The van der Waals surface area contributed by atoms with Crippen LogP contribution in [-0.4, -0.2) is 56.5 Å². The molecule has 5 rings (SSSR count). The summed E-state index contributed by atoms with van der Waals surface area (Å²) in [4.78, 5) is 13.0. The lowest BCUT2D eigenvalue weighted by Gasteiger charge is -2.31. The molecule has 1 fully saturated rings. The van der Waals surface area contributed by atoms with Crippen LogP contribution in [0.2, 0.25) is 0 Å². The minimum absolute atomic E-state index is 0.164. The maximum atomic E-state index is 10.8. The second-order valence-electron chi connectivity index (χ2n) is 9.50. The molecule has 0 amide bonds. The van der Waals surface area contributed by atoms with E-state index in [1.165, 1.54) is 16.1 Å². The first kappa shape index (κ1) is 23.7. The molecule has 1 atom stereocenters. The number of hydrogen-bond acceptors (Lipinski definition) is 6. The van der Waals surface area contributed by atoms with Crippen LogP contribution in [0, 0.1) is 13.8 Å². The molecule has 182 valence electrons. The van der Waals surface area contributed by atoms with Gasteiger partial charge in [0.2, 0.25) is 0 Å². The summed E-state index contributed by atoms with van der Waals surface area (Å²) in [6.45, 7) is 6.39. The second kappa shape index (κ2) is 10.3. The number of para-hydroxylation sites is 2. The number of nitrogens with zero attached hydrogens (tertiary/aromatic N) is 4. The number of piperidine rings is 1. The number of thioether (sulfide) groups is 1. The molecule has 2 aromatic heterocycles. The van der Waals surface area contributed by atoms with E-state index in [9.17, 15) is 5.11 Å². The fraction of sp³-hybridized carbons (Fsp3) is 0.357. The van der Waals surface area contributed by atoms with Crippen molar-refractivity contribution in [1.82, 2.24) is 19.4 Å². The van der Waals surface area contributed by atoms with Gasteiger partial charge in [0.05, 0.1) is 23.4 Å². The van der Waals surface area contributed by atoms with Crippen molar-refractivity contribution in [2.45, 2.75) is 43.7 Å². The van der Waals surface area contributed by atoms with E-state index in [0.29, 0.717) is 11.7 Å². The van der Waals surface area contributed by atoms with Gasteiger partial charge in [-0.2, -0.15) is 0 Å². The average molecular weight is 488 g/mol. The smallest absolute Gasteiger partial charge is 0.139 e. The van der Waals surface area contributed by atoms with E-state index in [2.05, 4.69) is 58.0 Å². The summed E-state index contributed by atoms with van der Waals surface area (Å²) in [7, 11) is 2.19. The molecular formula is C28H33N5OS. The highest BCUT2D eigenvalue weighted by molar-refractivity contribution is 7.99. The van der Waals surface area contributed by atoms with E-state index in [1.807, 2.05) is 49.3 Å². The lowest BCUT2D eigenvalue weighted by Crippen LogP contribution is -2.36. The topological polar surface area (TPSA) is 66.2 Å². The molecule has 0 spiro atoms. The molecule has 0 radical (unpaired) electrons. The van der Waals surface area contributed by atoms with Gasteiger partial charge in [-0.25, -0.2) is 4.98 Å². The Labute approximate surface area is 211 Å². The lowest BCUT2D eigenvalue weighted by molar-refractivity contribution is 0.264. The number of anilines is 1. The van der Waals surface area contributed by atoms with Crippen molar-refractivity contribution in [3.8, 4) is 5.75 Å². The van der Waals surface area contributed by atoms with Crippen LogP contribution in [0.25, 0.3) is 11.0 Å². The van der Waals surface area contributed by atoms with Crippen molar-refractivity contribution in [3.05, 3.63) is 77.9 Å². The summed E-state index contributed by atoms with van der Waals surface area (Å²) in [5.74, 6) is 0.936. The third-order valence-electron chi connectivity index (χ3n) is 6.85. The van der Waals surface area contributed by atoms with Gasteiger partial charge in [0.25, 0.3) is 0 Å². The first-order valence-corrected chi connectivity index (χ1v) is 13.2. The van der Waals surface area contributed by atoms with Crippen LogP contribution in [0.15, 0.2) is 65.8 Å². The summed E-state index contributed by atoms with van der Waals surface area (Å²) < 4.78 is 2.15. The largest absolute Gasteiger partial charge is 0.506 e. The molecule has 1 aliphatic heterocycles. The molecule has 3 heterocycles. The number of aryl methyl sites for hydroxylation is 2. The van der Waals surface area contributed by atoms with Crippen molar-refractivity contribution < 1.29 is 5.11 Å². The van der Waals surface area contributed by atoms with Gasteiger partial charge in [-0.15, -0.1) is 11.8 Å². The molecule has 7 heteroatoms. The summed E-state index contributed by atoms with van der Waals surface area (Å²) in [5.41, 5.74) is 5.99. The second-order valence-corrected chi connectivity index (χ2v) is 10.5. The van der Waals surface area contributed by atoms with Crippen LogP contribution in [0.4, 0.5) is 5.69 Å². The normalized spacial score (nSPS) is 16.0. The van der Waals surface area contributed by atoms with Crippen molar-refractivity contribution in [2.24, 2.45) is 0 Å². The number of pyridine rings is 1. The highest BCUT2D eigenvalue weighted by Crippen LogP contribution is 2.38. The van der Waals surface area contributed by atoms with Crippen LogP contribution < -0.4 is 5.32 Å². The van der Waals surface area contributed by atoms with E-state index < -0.39 is 0 Å². The Balaban J connectivity index is 1.47. The van der Waals surface area contributed by atoms with E-state index in [4.69, 9.17) is 4.98 Å². The van der Waals surface area contributed by atoms with E-state index >= 15 is 0 Å². The predicted molar refractivity (Wildman–Crippen MR) is 145 cm³/mol. The molecule has 0 bridgehead atoms. The molecule has 6 nitrogen and oxygen atoms in total. The first-order valence-electron chi connectivity index (χ1n) is 12.2. The van der Waals surface area contributed by atoms with Crippen LogP contribution in [-0.2, 0) is 0 Å². The van der Waals surface area contributed by atoms with Gasteiger partial charge in [-0.3, -0.25) is 4.98 Å². The van der Waals surface area contributed by atoms with Crippen molar-refractivity contribution in [2.75, 3.05) is 31.2 Å². The Hall–Kier alpha value is -3.03. The zero-order chi connectivity index (χ0) is 24.4. The predicted octanol–water partition coefficient (Wildman–Crippen LogP) is 5.64. The summed E-state index contributed by atoms with van der Waals surface area (Å²) in [5, 5.41) is 14.6. The quantitative estimate of drug-likeness (QED) is 0.329. The molecule has 1 aliphatic rings. The van der Waals surface area contributed by atoms with Gasteiger partial charge in [0.1, 0.15) is 11.4 Å². The van der Waals surface area contributed by atoms with Gasteiger partial charge < -0.3 is 19.9 Å². The van der Waals surface area contributed by atoms with Gasteiger partial charge >= 0.3 is 0 Å². The molecular weight excluding hydrogens is 454 g/mol. The minimum Gasteiger partial charge on any atom is -0.506 e. The number of likely N-dealkylation sites (tertiary alicyclic amines) is 1. The number of benzene rings is 2. The monoisotopic (exact) mass is 487 g/mol. The minimum atomic E-state index is -0.164. The van der Waals surface area contributed by atoms with Gasteiger partial charge in [0.15, 0.2) is 0 Å². The number of fused-ring (bicyclic) bond motifs is 1. The number of aromatic nitrogens is 3. The molecule has 1 saturated heterocycles. The van der Waals surface area contributed by atoms with Gasteiger partial charge in [-0.05, 0) is 82.7 Å². The fourth-order valence-corrected chi connectivity index (χ4v) is 6.05. The van der Waals surface area contributed by atoms with E-state index in [-0.39, 0.29) is 11.8 Å². The van der Waals surface area contributed by atoms with Crippen molar-refractivity contribution in [3.63, 3.8) is 0 Å². The lowest BCUT2D eigenvalue weighted by atomic mass is 10.0. The third-order valence-corrected chi connectivity index (χ3v) is 8.16. The molecule has 1 unspecified atom stereocenters. The number of aromatic hydroxyl groups is 1. The van der Waals surface area contributed by atoms with Gasteiger partial charge in [0, 0.05) is 28.1 Å². The third kappa shape index (κ3) is 5.16. The molecule has 0 aliphatic carbocycles. The standard InChI is InChI=1S/C28H33N5OS/c1-19-7-6-9-23(31-21-13-15-32(3)16-14-21)28(19)35-17-25(27-26(34)12-11-20(2)30-27)33-18-29-22-8-4-5-10-24(22)33/h4-12,18,21,25,31,34H,13-17H2,1-3H3. The average Bonchev–Trinajstić information content (AvgIpc) is 3.28. The number of imidazole rings is 1. The van der Waals surface area contributed by atoms with E-state index in [1.54, 1.807) is 6.07 Å². The summed E-state index contributed by atoms with van der Waals surface area (Å²) in [6, 6.07) is 18.5. The number of hydrogen-bond donors (Lipinski definition) is 2. The zero-order valence-corrected chi connectivity index (χ0v) is 21.4. The zero-order valence-electron chi connectivity index (χ0n) is 20.6. The Bertz CT molecular complexity index is 1310.